The van der Waals surface area contributed by atoms with Gasteiger partial charge in [-0.1, -0.05) is 79.6 Å². The Kier molecular flexibility index (Phi) is 11.0. The number of hydrogen-bond donors (Lipinski definition) is 6. The molecule has 302 valence electrons. The Morgan fingerprint density at radius 2 is 1.66 bits per heavy atom. The summed E-state index contributed by atoms with van der Waals surface area (Å²) in [7, 11) is 0. The van der Waals surface area contributed by atoms with Gasteiger partial charge in [0, 0.05) is 11.3 Å². The van der Waals surface area contributed by atoms with Crippen LogP contribution in [0.5, 0.6) is 0 Å². The number of ether oxygens (including phenoxy) is 1. The fourth-order valence-corrected chi connectivity index (χ4v) is 14.0. The molecule has 4 saturated carbocycles. The zero-order chi connectivity index (χ0) is 38.2. The Labute approximate surface area is 320 Å². The summed E-state index contributed by atoms with van der Waals surface area (Å²) in [5.41, 5.74) is 2.19. The van der Waals surface area contributed by atoms with Crippen LogP contribution >= 0.6 is 0 Å². The van der Waals surface area contributed by atoms with Crippen molar-refractivity contribution in [2.75, 3.05) is 6.54 Å². The molecule has 2 heterocycles. The zero-order valence-electron chi connectivity index (χ0n) is 34.2. The summed E-state index contributed by atoms with van der Waals surface area (Å²) in [6.07, 6.45) is 18.4. The van der Waals surface area contributed by atoms with E-state index < -0.39 is 45.9 Å². The fraction of sp³-hybridized carbons (Fsp3) is 0.933. The van der Waals surface area contributed by atoms with Crippen molar-refractivity contribution in [3.63, 3.8) is 0 Å². The number of carbonyl (C=O) groups is 1. The predicted octanol–water partition coefficient (Wildman–Crippen LogP) is 6.95. The lowest BCUT2D eigenvalue weighted by Crippen LogP contribution is -2.64. The van der Waals surface area contributed by atoms with Crippen molar-refractivity contribution in [2.24, 2.45) is 57.5 Å². The largest absolute Gasteiger partial charge is 0.393 e. The minimum atomic E-state index is -1.22. The predicted molar refractivity (Wildman–Crippen MR) is 209 cm³/mol. The van der Waals surface area contributed by atoms with Crippen molar-refractivity contribution in [3.8, 4) is 0 Å². The number of allylic oxidation sites excluding steroid dienone is 1. The number of hydrogen-bond acceptors (Lipinski definition) is 8. The average Bonchev–Trinajstić information content (AvgIpc) is 3.88. The third kappa shape index (κ3) is 6.76. The highest BCUT2D eigenvalue weighted by molar-refractivity contribution is 5.95. The molecule has 14 atom stereocenters. The minimum Gasteiger partial charge on any atom is -0.393 e. The number of ketones is 1. The monoisotopic (exact) mass is 741 g/mol. The maximum Gasteiger partial charge on any atom is 0.159 e. The van der Waals surface area contributed by atoms with Crippen molar-refractivity contribution < 1.29 is 30.0 Å². The molecule has 0 radical (unpaired) electrons. The molecule has 0 aromatic heterocycles. The average molecular weight is 741 g/mol. The van der Waals surface area contributed by atoms with Crippen LogP contribution in [0.3, 0.4) is 0 Å². The first kappa shape index (κ1) is 40.3. The molecule has 2 aliphatic heterocycles. The van der Waals surface area contributed by atoms with E-state index in [-0.39, 0.29) is 41.0 Å². The Morgan fingerprint density at radius 3 is 2.36 bits per heavy atom. The molecule has 7 rings (SSSR count). The van der Waals surface area contributed by atoms with Crippen LogP contribution in [0, 0.1) is 51.8 Å². The van der Waals surface area contributed by atoms with Crippen LogP contribution in [0.2, 0.25) is 0 Å². The second-order valence-corrected chi connectivity index (χ2v) is 21.1. The number of nitrogens with one attached hydrogen (secondary N) is 1. The summed E-state index contributed by atoms with van der Waals surface area (Å²) in [6, 6.07) is 0. The quantitative estimate of drug-likeness (QED) is 0.118. The van der Waals surface area contributed by atoms with Gasteiger partial charge in [-0.25, -0.2) is 0 Å². The van der Waals surface area contributed by atoms with Gasteiger partial charge in [-0.15, -0.1) is 0 Å². The lowest BCUT2D eigenvalue weighted by Gasteiger charge is -2.63. The van der Waals surface area contributed by atoms with E-state index >= 15 is 0 Å². The molecule has 2 saturated heterocycles. The van der Waals surface area contributed by atoms with E-state index in [1.54, 1.807) is 0 Å². The van der Waals surface area contributed by atoms with Crippen LogP contribution in [0.25, 0.3) is 0 Å². The van der Waals surface area contributed by atoms with Crippen molar-refractivity contribution >= 4 is 5.78 Å². The van der Waals surface area contributed by atoms with Gasteiger partial charge in [0.2, 0.25) is 0 Å². The molecule has 53 heavy (non-hydrogen) atoms. The summed E-state index contributed by atoms with van der Waals surface area (Å²) in [6.45, 7) is 13.8. The lowest BCUT2D eigenvalue weighted by atomic mass is 9.42. The Hall–Kier alpha value is -0.870. The van der Waals surface area contributed by atoms with E-state index in [0.29, 0.717) is 38.0 Å². The van der Waals surface area contributed by atoms with Crippen LogP contribution < -0.4 is 11.1 Å². The van der Waals surface area contributed by atoms with Crippen molar-refractivity contribution in [1.29, 1.82) is 0 Å². The highest BCUT2D eigenvalue weighted by Crippen LogP contribution is 2.72. The van der Waals surface area contributed by atoms with E-state index in [0.717, 1.165) is 69.4 Å². The molecule has 14 unspecified atom stereocenters. The fourth-order valence-electron chi connectivity index (χ4n) is 14.0. The molecule has 8 nitrogen and oxygen atoms in total. The molecule has 0 bridgehead atoms. The first-order valence-corrected chi connectivity index (χ1v) is 22.2. The molecule has 7 aliphatic rings. The molecule has 7 N–H and O–H groups in total. The van der Waals surface area contributed by atoms with E-state index in [1.165, 1.54) is 38.5 Å². The van der Waals surface area contributed by atoms with Crippen LogP contribution in [-0.2, 0) is 9.53 Å². The number of carbonyl (C=O) groups excluding carboxylic acids is 1. The Morgan fingerprint density at radius 1 is 0.925 bits per heavy atom. The van der Waals surface area contributed by atoms with Crippen LogP contribution in [-0.4, -0.2) is 74.0 Å². The van der Waals surface area contributed by atoms with Gasteiger partial charge >= 0.3 is 0 Å². The van der Waals surface area contributed by atoms with Crippen molar-refractivity contribution in [3.05, 3.63) is 11.6 Å². The molecule has 0 aromatic rings. The van der Waals surface area contributed by atoms with Gasteiger partial charge in [0.15, 0.2) is 5.78 Å². The Balaban J connectivity index is 1.18. The van der Waals surface area contributed by atoms with E-state index in [4.69, 9.17) is 10.5 Å². The van der Waals surface area contributed by atoms with Gasteiger partial charge in [0.05, 0.1) is 29.1 Å². The maximum atomic E-state index is 14.1. The third-order valence-electron chi connectivity index (χ3n) is 17.7. The van der Waals surface area contributed by atoms with Crippen LogP contribution in [0.4, 0.5) is 0 Å². The molecular formula is C45H76N2O6. The number of rotatable bonds is 12. The molecule has 6 fully saturated rings. The summed E-state index contributed by atoms with van der Waals surface area (Å²) in [5, 5.41) is 52.9. The Bertz CT molecular complexity index is 1380. The lowest BCUT2D eigenvalue weighted by molar-refractivity contribution is -0.170. The minimum absolute atomic E-state index is 0.0354. The normalized spacial score (nSPS) is 45.7. The molecule has 8 heteroatoms. The zero-order valence-corrected chi connectivity index (χ0v) is 34.2. The maximum absolute atomic E-state index is 14.1. The number of epoxide rings is 1. The van der Waals surface area contributed by atoms with Crippen LogP contribution in [0.15, 0.2) is 11.6 Å². The number of fused-ring (bicyclic) bond motifs is 5. The van der Waals surface area contributed by atoms with E-state index in [1.807, 2.05) is 13.0 Å². The van der Waals surface area contributed by atoms with Gasteiger partial charge in [-0.05, 0) is 143 Å². The van der Waals surface area contributed by atoms with E-state index in [2.05, 4.69) is 39.9 Å². The first-order chi connectivity index (χ1) is 24.9. The first-order valence-electron chi connectivity index (χ1n) is 22.2. The molecule has 0 aromatic carbocycles. The smallest absolute Gasteiger partial charge is 0.159 e. The number of aliphatic hydroxyl groups excluding tert-OH is 1. The SMILES string of the molecule is CCCC(O)(C1OC1C(C)(O)C(C)(C)CCC1CCNC(N)C1)C1CCC2(O)C3=CC(=O)C4CC(O)CCC4(C)C3C(CCC3CCCCC3)CC12C. The number of nitrogens with two attached hydrogens (primary N) is 1. The summed E-state index contributed by atoms with van der Waals surface area (Å²) < 4.78 is 6.53. The second-order valence-electron chi connectivity index (χ2n) is 21.1. The number of aliphatic hydroxyl groups is 4. The van der Waals surface area contributed by atoms with Gasteiger partial charge < -0.3 is 36.2 Å². The summed E-state index contributed by atoms with van der Waals surface area (Å²) in [5.74, 6) is 1.28. The van der Waals surface area contributed by atoms with Crippen molar-refractivity contribution in [1.82, 2.24) is 5.32 Å². The van der Waals surface area contributed by atoms with Crippen molar-refractivity contribution in [2.45, 2.75) is 205 Å². The van der Waals surface area contributed by atoms with Crippen LogP contribution in [0.1, 0.15) is 164 Å². The highest BCUT2D eigenvalue weighted by Gasteiger charge is 2.74. The standard InChI is InChI=1S/C45H76N2O6/c1-7-19-44(51,39-38(53-39)43(6,50)40(2,3)20-15-29-18-23-47-36(46)24-29)35-17-22-45(52)33-26-34(49)32-25-31(48)16-21-41(32,4)37(33)30(27-42(35,45)5)14-13-28-11-9-8-10-12-28/h26,28-32,35-39,47-48,50-52H,7-25,27,46H2,1-6H3. The molecule has 0 amide bonds. The summed E-state index contributed by atoms with van der Waals surface area (Å²) >= 11 is 0. The topological polar surface area (TPSA) is 149 Å². The van der Waals surface area contributed by atoms with Gasteiger partial charge in [0.25, 0.3) is 0 Å². The van der Waals surface area contributed by atoms with Gasteiger partial charge in [-0.3, -0.25) is 4.79 Å². The molecular weight excluding hydrogens is 665 g/mol. The molecule has 0 spiro atoms. The highest BCUT2D eigenvalue weighted by atomic mass is 16.6. The summed E-state index contributed by atoms with van der Waals surface area (Å²) in [4.78, 5) is 14.1. The van der Waals surface area contributed by atoms with Gasteiger partial charge in [-0.2, -0.15) is 0 Å². The third-order valence-corrected chi connectivity index (χ3v) is 17.7. The molecule has 5 aliphatic carbocycles. The van der Waals surface area contributed by atoms with E-state index in [9.17, 15) is 25.2 Å². The second kappa shape index (κ2) is 14.5. The van der Waals surface area contributed by atoms with Gasteiger partial charge in [0.1, 0.15) is 12.2 Å². The number of piperidine rings is 1.